The molecule has 1 fully saturated rings. The Bertz CT molecular complexity index is 162. The van der Waals surface area contributed by atoms with Crippen molar-refractivity contribution in [1.82, 2.24) is 5.32 Å². The predicted molar refractivity (Wildman–Crippen MR) is 33.8 cm³/mol. The topological polar surface area (TPSA) is 66.4 Å². The van der Waals surface area contributed by atoms with E-state index in [4.69, 9.17) is 5.11 Å². The Balaban J connectivity index is 2.12. The summed E-state index contributed by atoms with van der Waals surface area (Å²) >= 11 is 0. The van der Waals surface area contributed by atoms with Gasteiger partial charge >= 0.3 is 6.09 Å². The first-order chi connectivity index (χ1) is 4.70. The van der Waals surface area contributed by atoms with Crippen LogP contribution in [0.15, 0.2) is 0 Å². The molecule has 4 heteroatoms. The molecule has 0 aromatic heterocycles. The molecule has 4 nitrogen and oxygen atoms in total. The number of carboxylic acid groups (broad SMARTS) is 1. The fourth-order valence-corrected chi connectivity index (χ4v) is 0.712. The third-order valence-electron chi connectivity index (χ3n) is 1.45. The van der Waals surface area contributed by atoms with E-state index in [0.717, 1.165) is 12.8 Å². The summed E-state index contributed by atoms with van der Waals surface area (Å²) in [6.07, 6.45) is 0.731. The van der Waals surface area contributed by atoms with Crippen LogP contribution in [-0.4, -0.2) is 23.5 Å². The van der Waals surface area contributed by atoms with Crippen molar-refractivity contribution in [2.24, 2.45) is 5.92 Å². The highest BCUT2D eigenvalue weighted by Crippen LogP contribution is 2.29. The number of carbonyl (C=O) groups excluding carboxylic acids is 1. The van der Waals surface area contributed by atoms with Gasteiger partial charge in [-0.2, -0.15) is 0 Å². The maximum absolute atomic E-state index is 10.8. The Hall–Kier alpha value is -1.06. The van der Waals surface area contributed by atoms with Crippen molar-refractivity contribution < 1.29 is 14.7 Å². The van der Waals surface area contributed by atoms with Crippen molar-refractivity contribution >= 4 is 11.9 Å². The third-order valence-corrected chi connectivity index (χ3v) is 1.45. The normalized spacial score (nSPS) is 16.4. The van der Waals surface area contributed by atoms with E-state index in [-0.39, 0.29) is 18.2 Å². The Kier molecular flexibility index (Phi) is 1.89. The highest BCUT2D eigenvalue weighted by atomic mass is 16.4. The minimum absolute atomic E-state index is 0.0161. The number of hydrogen-bond acceptors (Lipinski definition) is 2. The van der Waals surface area contributed by atoms with Crippen molar-refractivity contribution in [2.45, 2.75) is 12.8 Å². The molecular formula is C6H9NO3. The second-order valence-corrected chi connectivity index (χ2v) is 2.40. The lowest BCUT2D eigenvalue weighted by Crippen LogP contribution is -2.28. The molecule has 56 valence electrons. The van der Waals surface area contributed by atoms with Crippen molar-refractivity contribution in [3.05, 3.63) is 0 Å². The summed E-state index contributed by atoms with van der Waals surface area (Å²) in [5.74, 6) is 0.161. The molecule has 0 unspecified atom stereocenters. The smallest absolute Gasteiger partial charge is 0.405 e. The lowest BCUT2D eigenvalue weighted by Gasteiger charge is -1.96. The van der Waals surface area contributed by atoms with Crippen LogP contribution < -0.4 is 5.32 Å². The van der Waals surface area contributed by atoms with E-state index < -0.39 is 6.09 Å². The molecule has 0 heterocycles. The van der Waals surface area contributed by atoms with Crippen molar-refractivity contribution in [2.75, 3.05) is 6.54 Å². The van der Waals surface area contributed by atoms with Gasteiger partial charge in [-0.25, -0.2) is 4.79 Å². The van der Waals surface area contributed by atoms with Crippen LogP contribution in [0.5, 0.6) is 0 Å². The molecule has 0 saturated heterocycles. The maximum atomic E-state index is 10.8. The van der Waals surface area contributed by atoms with Crippen LogP contribution in [-0.2, 0) is 4.79 Å². The van der Waals surface area contributed by atoms with Gasteiger partial charge in [0.05, 0.1) is 6.54 Å². The summed E-state index contributed by atoms with van der Waals surface area (Å²) in [6, 6.07) is 0. The van der Waals surface area contributed by atoms with Crippen LogP contribution in [0.2, 0.25) is 0 Å². The number of ketones is 1. The standard InChI is InChI=1S/C6H9NO3/c8-5(4-1-2-4)3-7-6(9)10/h4,7H,1-3H2,(H,9,10). The highest BCUT2D eigenvalue weighted by molar-refractivity contribution is 5.87. The molecule has 0 aliphatic heterocycles. The van der Waals surface area contributed by atoms with E-state index in [2.05, 4.69) is 0 Å². The Morgan fingerprint density at radius 1 is 1.50 bits per heavy atom. The second kappa shape index (κ2) is 2.68. The molecule has 1 aliphatic carbocycles. The van der Waals surface area contributed by atoms with Crippen LogP contribution in [0.3, 0.4) is 0 Å². The molecule has 1 saturated carbocycles. The summed E-state index contributed by atoms with van der Waals surface area (Å²) < 4.78 is 0. The van der Waals surface area contributed by atoms with Crippen LogP contribution in [0, 0.1) is 5.92 Å². The first kappa shape index (κ1) is 7.05. The molecule has 0 aromatic carbocycles. The van der Waals surface area contributed by atoms with Crippen molar-refractivity contribution in [3.8, 4) is 0 Å². The molecule has 0 bridgehead atoms. The molecule has 0 radical (unpaired) electrons. The predicted octanol–water partition coefficient (Wildman–Crippen LogP) is 0.233. The zero-order valence-corrected chi connectivity index (χ0v) is 5.46. The van der Waals surface area contributed by atoms with E-state index in [9.17, 15) is 9.59 Å². The summed E-state index contributed by atoms with van der Waals surface area (Å²) in [6.45, 7) is -0.0278. The van der Waals surface area contributed by atoms with Gasteiger partial charge < -0.3 is 10.4 Å². The van der Waals surface area contributed by atoms with Crippen LogP contribution >= 0.6 is 0 Å². The fourth-order valence-electron chi connectivity index (χ4n) is 0.712. The van der Waals surface area contributed by atoms with Gasteiger partial charge in [-0.15, -0.1) is 0 Å². The van der Waals surface area contributed by atoms with E-state index in [0.29, 0.717) is 0 Å². The number of amides is 1. The molecule has 1 amide bonds. The van der Waals surface area contributed by atoms with Gasteiger partial charge in [0, 0.05) is 5.92 Å². The van der Waals surface area contributed by atoms with E-state index >= 15 is 0 Å². The third kappa shape index (κ3) is 2.05. The number of nitrogens with one attached hydrogen (secondary N) is 1. The summed E-state index contributed by atoms with van der Waals surface area (Å²) in [5, 5.41) is 10.1. The molecule has 1 aliphatic rings. The van der Waals surface area contributed by atoms with E-state index in [1.54, 1.807) is 0 Å². The van der Waals surface area contributed by atoms with Crippen LogP contribution in [0.25, 0.3) is 0 Å². The maximum Gasteiger partial charge on any atom is 0.405 e. The van der Waals surface area contributed by atoms with Gasteiger partial charge in [0.2, 0.25) is 0 Å². The van der Waals surface area contributed by atoms with Gasteiger partial charge in [-0.3, -0.25) is 4.79 Å². The fraction of sp³-hybridized carbons (Fsp3) is 0.667. The molecular weight excluding hydrogens is 134 g/mol. The molecule has 0 aromatic rings. The minimum atomic E-state index is -1.13. The quantitative estimate of drug-likeness (QED) is 0.594. The molecule has 1 rings (SSSR count). The van der Waals surface area contributed by atoms with Crippen LogP contribution in [0.1, 0.15) is 12.8 Å². The monoisotopic (exact) mass is 143 g/mol. The number of carbonyl (C=O) groups is 2. The van der Waals surface area contributed by atoms with Gasteiger partial charge in [0.15, 0.2) is 5.78 Å². The molecule has 0 atom stereocenters. The average molecular weight is 143 g/mol. The second-order valence-electron chi connectivity index (χ2n) is 2.40. The molecule has 0 spiro atoms. The highest BCUT2D eigenvalue weighted by Gasteiger charge is 2.29. The van der Waals surface area contributed by atoms with Crippen molar-refractivity contribution in [1.29, 1.82) is 0 Å². The van der Waals surface area contributed by atoms with E-state index in [1.807, 2.05) is 5.32 Å². The van der Waals surface area contributed by atoms with Gasteiger partial charge in [0.25, 0.3) is 0 Å². The van der Waals surface area contributed by atoms with Gasteiger partial charge in [-0.1, -0.05) is 0 Å². The Labute approximate surface area is 58.2 Å². The number of rotatable bonds is 3. The zero-order valence-electron chi connectivity index (χ0n) is 5.46. The minimum Gasteiger partial charge on any atom is -0.465 e. The zero-order chi connectivity index (χ0) is 7.56. The summed E-state index contributed by atoms with van der Waals surface area (Å²) in [5.41, 5.74) is 0. The first-order valence-electron chi connectivity index (χ1n) is 3.19. The number of hydrogen-bond donors (Lipinski definition) is 2. The Morgan fingerprint density at radius 3 is 2.50 bits per heavy atom. The van der Waals surface area contributed by atoms with Crippen LogP contribution in [0.4, 0.5) is 4.79 Å². The van der Waals surface area contributed by atoms with Gasteiger partial charge in [0.1, 0.15) is 0 Å². The SMILES string of the molecule is O=C(O)NCC(=O)C1CC1. The van der Waals surface area contributed by atoms with Crippen molar-refractivity contribution in [3.63, 3.8) is 0 Å². The summed E-state index contributed by atoms with van der Waals surface area (Å²) in [4.78, 5) is 20.7. The Morgan fingerprint density at radius 2 is 2.10 bits per heavy atom. The molecule has 10 heavy (non-hydrogen) atoms. The molecule has 2 N–H and O–H groups in total. The number of Topliss-reactive ketones (excluding diaryl/α,β-unsaturated/α-hetero) is 1. The van der Waals surface area contributed by atoms with Gasteiger partial charge in [-0.05, 0) is 12.8 Å². The van der Waals surface area contributed by atoms with E-state index in [1.165, 1.54) is 0 Å². The first-order valence-corrected chi connectivity index (χ1v) is 3.19. The summed E-state index contributed by atoms with van der Waals surface area (Å²) in [7, 11) is 0. The largest absolute Gasteiger partial charge is 0.465 e. The lowest BCUT2D eigenvalue weighted by atomic mass is 10.3. The lowest BCUT2D eigenvalue weighted by molar-refractivity contribution is -0.119. The average Bonchev–Trinajstić information content (AvgIpc) is 2.63.